The van der Waals surface area contributed by atoms with Crippen molar-refractivity contribution in [2.45, 2.75) is 6.42 Å². The molecule has 0 radical (unpaired) electrons. The van der Waals surface area contributed by atoms with Gasteiger partial charge in [0.2, 0.25) is 5.76 Å². The Morgan fingerprint density at radius 3 is 2.62 bits per heavy atom. The number of methoxy groups -OCH3 is 1. The lowest BCUT2D eigenvalue weighted by molar-refractivity contribution is -0.110. The highest BCUT2D eigenvalue weighted by atomic mass is 35.5. The summed E-state index contributed by atoms with van der Waals surface area (Å²) in [6.45, 7) is 0.881. The molecule has 1 aliphatic heterocycles. The maximum absolute atomic E-state index is 12.6. The Morgan fingerprint density at radius 2 is 1.97 bits per heavy atom. The van der Waals surface area contributed by atoms with Gasteiger partial charge in [-0.15, -0.1) is 0 Å². The van der Waals surface area contributed by atoms with E-state index in [1.807, 2.05) is 31.3 Å². The normalized spacial score (nSPS) is 14.2. The van der Waals surface area contributed by atoms with Crippen LogP contribution < -0.4 is 15.0 Å². The molecule has 32 heavy (non-hydrogen) atoms. The number of benzene rings is 2. The minimum Gasteiger partial charge on any atom is -0.504 e. The van der Waals surface area contributed by atoms with E-state index in [-0.39, 0.29) is 29.6 Å². The quantitative estimate of drug-likeness (QED) is 0.362. The van der Waals surface area contributed by atoms with E-state index in [9.17, 15) is 9.90 Å². The topological polar surface area (TPSA) is 108 Å². The molecule has 1 aliphatic rings. The molecule has 8 nitrogen and oxygen atoms in total. The number of hydrogen-bond acceptors (Lipinski definition) is 7. The second-order valence-corrected chi connectivity index (χ2v) is 7.74. The van der Waals surface area contributed by atoms with Crippen LogP contribution >= 0.6 is 11.6 Å². The van der Waals surface area contributed by atoms with Gasteiger partial charge in [-0.2, -0.15) is 0 Å². The molecule has 1 aromatic heterocycles. The molecule has 2 heterocycles. The highest BCUT2D eigenvalue weighted by molar-refractivity contribution is 6.38. The second kappa shape index (κ2) is 8.94. The number of aromatic nitrogens is 1. The summed E-state index contributed by atoms with van der Waals surface area (Å²) in [5, 5.41) is 26.6. The van der Waals surface area contributed by atoms with E-state index in [1.165, 1.54) is 13.2 Å². The molecule has 0 spiro atoms. The van der Waals surface area contributed by atoms with E-state index in [4.69, 9.17) is 26.0 Å². The summed E-state index contributed by atoms with van der Waals surface area (Å²) >= 11 is 6.51. The minimum atomic E-state index is -0.470. The number of halogens is 1. The van der Waals surface area contributed by atoms with Gasteiger partial charge in [-0.1, -0.05) is 23.7 Å². The summed E-state index contributed by atoms with van der Waals surface area (Å²) in [7, 11) is 3.38. The fraction of sp³-hybridized carbons (Fsp3) is 0.217. The van der Waals surface area contributed by atoms with Crippen LogP contribution in [0.3, 0.4) is 0 Å². The van der Waals surface area contributed by atoms with Crippen molar-refractivity contribution in [3.05, 3.63) is 58.8 Å². The van der Waals surface area contributed by atoms with Crippen LogP contribution in [0.15, 0.2) is 47.0 Å². The van der Waals surface area contributed by atoms with Gasteiger partial charge < -0.3 is 29.7 Å². The molecule has 0 fully saturated rings. The molecular weight excluding hydrogens is 434 g/mol. The van der Waals surface area contributed by atoms with Crippen LogP contribution in [0, 0.1) is 0 Å². The van der Waals surface area contributed by atoms with Crippen LogP contribution in [-0.4, -0.2) is 48.6 Å². The first-order valence-corrected chi connectivity index (χ1v) is 10.3. The van der Waals surface area contributed by atoms with Crippen LogP contribution in [0.5, 0.6) is 5.88 Å². The van der Waals surface area contributed by atoms with Gasteiger partial charge in [0.1, 0.15) is 0 Å². The van der Waals surface area contributed by atoms with Gasteiger partial charge in [0.05, 0.1) is 29.5 Å². The smallest absolute Gasteiger partial charge is 0.260 e. The third-order valence-corrected chi connectivity index (χ3v) is 5.60. The SMILES string of the molecule is COc1cc(/C(O)=C2\C(=O)Nc3cc(Cl)c(-c4ccc(N(C)CCCO)cc4)cc32)on1. The van der Waals surface area contributed by atoms with Gasteiger partial charge >= 0.3 is 0 Å². The number of nitrogens with zero attached hydrogens (tertiary/aromatic N) is 2. The molecule has 2 aromatic carbocycles. The van der Waals surface area contributed by atoms with E-state index < -0.39 is 5.91 Å². The van der Waals surface area contributed by atoms with Crippen molar-refractivity contribution < 1.29 is 24.3 Å². The molecule has 1 amide bonds. The Hall–Kier alpha value is -3.49. The van der Waals surface area contributed by atoms with Crippen LogP contribution in [0.1, 0.15) is 17.7 Å². The zero-order chi connectivity index (χ0) is 22.8. The number of aliphatic hydroxyl groups excluding tert-OH is 2. The number of hydrogen-bond donors (Lipinski definition) is 3. The van der Waals surface area contributed by atoms with Gasteiger partial charge in [0.15, 0.2) is 5.76 Å². The molecule has 0 saturated carbocycles. The van der Waals surface area contributed by atoms with Crippen molar-refractivity contribution in [3.8, 4) is 17.0 Å². The maximum Gasteiger partial charge on any atom is 0.260 e. The van der Waals surface area contributed by atoms with E-state index in [2.05, 4.69) is 15.4 Å². The van der Waals surface area contributed by atoms with Gasteiger partial charge in [-0.3, -0.25) is 4.79 Å². The first-order chi connectivity index (χ1) is 15.4. The van der Waals surface area contributed by atoms with Gasteiger partial charge in [-0.05, 0) is 41.4 Å². The van der Waals surface area contributed by atoms with E-state index in [1.54, 1.807) is 12.1 Å². The number of carbonyl (C=O) groups is 1. The predicted octanol–water partition coefficient (Wildman–Crippen LogP) is 4.20. The number of nitrogens with one attached hydrogen (secondary N) is 1. The summed E-state index contributed by atoms with van der Waals surface area (Å²) in [5.74, 6) is -0.605. The van der Waals surface area contributed by atoms with Crippen LogP contribution in [-0.2, 0) is 4.79 Å². The molecule has 9 heteroatoms. The standard InChI is InChI=1S/C23H22ClN3O5/c1-27(8-3-9-28)14-6-4-13(5-7-14)15-10-16-18(11-17(15)24)25-23(30)21(16)22(29)19-12-20(31-2)26-32-19/h4-7,10-12,28-29H,3,8-9H2,1-2H3,(H,25,30)/b22-21+. The lowest BCUT2D eigenvalue weighted by Crippen LogP contribution is -2.19. The Labute approximate surface area is 189 Å². The molecule has 0 unspecified atom stereocenters. The zero-order valence-corrected chi connectivity index (χ0v) is 18.3. The van der Waals surface area contributed by atoms with E-state index in [0.29, 0.717) is 28.3 Å². The average Bonchev–Trinajstić information content (AvgIpc) is 3.40. The Morgan fingerprint density at radius 1 is 1.22 bits per heavy atom. The van der Waals surface area contributed by atoms with Crippen LogP contribution in [0.2, 0.25) is 5.02 Å². The van der Waals surface area contributed by atoms with Crippen molar-refractivity contribution in [2.75, 3.05) is 37.5 Å². The average molecular weight is 456 g/mol. The van der Waals surface area contributed by atoms with Crippen molar-refractivity contribution in [3.63, 3.8) is 0 Å². The summed E-state index contributed by atoms with van der Waals surface area (Å²) in [5.41, 5.74) is 3.65. The summed E-state index contributed by atoms with van der Waals surface area (Å²) < 4.78 is 10.1. The van der Waals surface area contributed by atoms with Crippen LogP contribution in [0.25, 0.3) is 22.5 Å². The molecular formula is C23H22ClN3O5. The summed E-state index contributed by atoms with van der Waals surface area (Å²) in [6, 6.07) is 12.6. The molecule has 3 N–H and O–H groups in total. The molecule has 166 valence electrons. The number of rotatable bonds is 7. The third-order valence-electron chi connectivity index (χ3n) is 5.29. The van der Waals surface area contributed by atoms with Crippen molar-refractivity contribution >= 4 is 40.2 Å². The maximum atomic E-state index is 12.6. The number of fused-ring (bicyclic) bond motifs is 1. The predicted molar refractivity (Wildman–Crippen MR) is 123 cm³/mol. The van der Waals surface area contributed by atoms with Crippen molar-refractivity contribution in [2.24, 2.45) is 0 Å². The van der Waals surface area contributed by atoms with Gasteiger partial charge in [-0.25, -0.2) is 0 Å². The van der Waals surface area contributed by atoms with E-state index in [0.717, 1.165) is 17.8 Å². The fourth-order valence-corrected chi connectivity index (χ4v) is 3.84. The van der Waals surface area contributed by atoms with Gasteiger partial charge in [0, 0.05) is 37.0 Å². The lowest BCUT2D eigenvalue weighted by Gasteiger charge is -2.19. The summed E-state index contributed by atoms with van der Waals surface area (Å²) in [4.78, 5) is 14.7. The monoisotopic (exact) mass is 455 g/mol. The molecule has 0 bridgehead atoms. The number of ether oxygens (including phenoxy) is 1. The molecule has 3 aromatic rings. The molecule has 0 saturated heterocycles. The van der Waals surface area contributed by atoms with Crippen molar-refractivity contribution in [1.82, 2.24) is 5.16 Å². The molecule has 4 rings (SSSR count). The minimum absolute atomic E-state index is 0.0200. The molecule has 0 aliphatic carbocycles. The Bertz CT molecular complexity index is 1190. The Balaban J connectivity index is 1.72. The molecule has 0 atom stereocenters. The zero-order valence-electron chi connectivity index (χ0n) is 17.6. The third kappa shape index (κ3) is 4.02. The number of carbonyl (C=O) groups excluding carboxylic acids is 1. The number of aliphatic hydroxyl groups is 2. The number of amides is 1. The Kier molecular flexibility index (Phi) is 6.07. The number of anilines is 2. The first kappa shape index (κ1) is 21.7. The van der Waals surface area contributed by atoms with Crippen LogP contribution in [0.4, 0.5) is 11.4 Å². The highest BCUT2D eigenvalue weighted by Crippen LogP contribution is 2.42. The second-order valence-electron chi connectivity index (χ2n) is 7.33. The first-order valence-electron chi connectivity index (χ1n) is 9.95. The van der Waals surface area contributed by atoms with Gasteiger partial charge in [0.25, 0.3) is 11.8 Å². The highest BCUT2D eigenvalue weighted by Gasteiger charge is 2.31. The largest absolute Gasteiger partial charge is 0.504 e. The fourth-order valence-electron chi connectivity index (χ4n) is 3.57. The lowest BCUT2D eigenvalue weighted by atomic mass is 9.98. The summed E-state index contributed by atoms with van der Waals surface area (Å²) in [6.07, 6.45) is 0.686. The van der Waals surface area contributed by atoms with Crippen molar-refractivity contribution in [1.29, 1.82) is 0 Å². The van der Waals surface area contributed by atoms with E-state index >= 15 is 0 Å².